The lowest BCUT2D eigenvalue weighted by Gasteiger charge is -2.26. The summed E-state index contributed by atoms with van der Waals surface area (Å²) in [7, 11) is 0. The zero-order chi connectivity index (χ0) is 18.2. The van der Waals surface area contributed by atoms with Crippen molar-refractivity contribution in [3.8, 4) is 0 Å². The maximum Gasteiger partial charge on any atom is 0.253 e. The van der Waals surface area contributed by atoms with Gasteiger partial charge in [0, 0.05) is 31.2 Å². The molecule has 1 heterocycles. The van der Waals surface area contributed by atoms with Crippen molar-refractivity contribution < 1.29 is 4.79 Å². The van der Waals surface area contributed by atoms with Gasteiger partial charge < -0.3 is 15.5 Å². The minimum atomic E-state index is 0. The lowest BCUT2D eigenvalue weighted by Crippen LogP contribution is -2.42. The van der Waals surface area contributed by atoms with Gasteiger partial charge in [-0.15, -0.1) is 24.0 Å². The van der Waals surface area contributed by atoms with Crippen molar-refractivity contribution in [1.82, 2.24) is 15.5 Å². The Balaban J connectivity index is 0.00000261. The van der Waals surface area contributed by atoms with Gasteiger partial charge in [-0.3, -0.25) is 4.79 Å². The molecule has 0 saturated carbocycles. The van der Waals surface area contributed by atoms with Crippen LogP contribution >= 0.6 is 24.0 Å². The van der Waals surface area contributed by atoms with Crippen molar-refractivity contribution in [1.29, 1.82) is 0 Å². The lowest BCUT2D eigenvalue weighted by atomic mass is 10.1. The number of hydrogen-bond acceptors (Lipinski definition) is 2. The summed E-state index contributed by atoms with van der Waals surface area (Å²) in [4.78, 5) is 19.2. The average molecular weight is 482 g/mol. The molecule has 2 N–H and O–H groups in total. The van der Waals surface area contributed by atoms with Gasteiger partial charge in [-0.05, 0) is 56.7 Å². The van der Waals surface area contributed by atoms with Crippen molar-refractivity contribution in [2.75, 3.05) is 19.6 Å². The molecule has 1 saturated heterocycles. The number of guanidine groups is 1. The molecule has 0 aromatic heterocycles. The van der Waals surface area contributed by atoms with E-state index in [0.717, 1.165) is 62.4 Å². The van der Waals surface area contributed by atoms with E-state index in [9.17, 15) is 4.79 Å². The maximum absolute atomic E-state index is 12.5. The van der Waals surface area contributed by atoms with Crippen molar-refractivity contribution >= 4 is 35.8 Å². The van der Waals surface area contributed by atoms with Crippen LogP contribution in [0.4, 0.5) is 0 Å². The van der Waals surface area contributed by atoms with E-state index in [2.05, 4.69) is 34.7 Å². The molecule has 0 bridgehead atoms. The predicted octanol–water partition coefficient (Wildman–Crippen LogP) is 3.70. The monoisotopic (exact) mass is 482 g/mol. The molecule has 148 valence electrons. The van der Waals surface area contributed by atoms with E-state index in [1.54, 1.807) is 0 Å². The fraction of sp³-hybridized carbons (Fsp3) is 0.524. The molecule has 2 aliphatic rings. The second kappa shape index (κ2) is 11.3. The first-order valence-electron chi connectivity index (χ1n) is 9.84. The highest BCUT2D eigenvalue weighted by Gasteiger charge is 2.17. The molecule has 3 rings (SSSR count). The van der Waals surface area contributed by atoms with E-state index in [1.165, 1.54) is 6.42 Å². The van der Waals surface area contributed by atoms with Gasteiger partial charge >= 0.3 is 0 Å². The van der Waals surface area contributed by atoms with E-state index in [1.807, 2.05) is 29.2 Å². The van der Waals surface area contributed by atoms with E-state index < -0.39 is 0 Å². The second-order valence-corrected chi connectivity index (χ2v) is 7.03. The molecule has 1 aliphatic carbocycles. The van der Waals surface area contributed by atoms with Crippen LogP contribution in [0.5, 0.6) is 0 Å². The van der Waals surface area contributed by atoms with Crippen LogP contribution < -0.4 is 10.6 Å². The number of carbonyl (C=O) groups excluding carboxylic acids is 1. The van der Waals surface area contributed by atoms with Gasteiger partial charge in [0.25, 0.3) is 5.91 Å². The summed E-state index contributed by atoms with van der Waals surface area (Å²) in [5.74, 6) is 1.01. The first-order valence-corrected chi connectivity index (χ1v) is 9.84. The zero-order valence-corrected chi connectivity index (χ0v) is 18.4. The molecule has 0 atom stereocenters. The van der Waals surface area contributed by atoms with Crippen LogP contribution in [0.3, 0.4) is 0 Å². The normalized spacial score (nSPS) is 17.5. The number of nitrogens with one attached hydrogen (secondary N) is 2. The Hall–Kier alpha value is -1.57. The van der Waals surface area contributed by atoms with Crippen LogP contribution in [-0.4, -0.2) is 42.4 Å². The fourth-order valence-corrected chi connectivity index (χ4v) is 3.45. The summed E-state index contributed by atoms with van der Waals surface area (Å²) in [6.45, 7) is 5.30. The number of piperidine rings is 1. The first-order chi connectivity index (χ1) is 12.8. The largest absolute Gasteiger partial charge is 0.357 e. The van der Waals surface area contributed by atoms with Gasteiger partial charge in [0.2, 0.25) is 0 Å². The van der Waals surface area contributed by atoms with Crippen LogP contribution in [0.1, 0.15) is 54.9 Å². The standard InChI is InChI=1S/C21H30N4O.HI/c1-2-22-21(24-19-8-4-5-9-19)23-16-17-10-12-18(13-11-17)20(26)25-14-6-3-7-15-25;/h4-5,10-13,19H,2-3,6-9,14-16H2,1H3,(H2,22,23,24);1H. The molecule has 0 unspecified atom stereocenters. The molecule has 27 heavy (non-hydrogen) atoms. The van der Waals surface area contributed by atoms with E-state index >= 15 is 0 Å². The number of benzene rings is 1. The minimum Gasteiger partial charge on any atom is -0.357 e. The summed E-state index contributed by atoms with van der Waals surface area (Å²) < 4.78 is 0. The van der Waals surface area contributed by atoms with Gasteiger partial charge in [-0.2, -0.15) is 0 Å². The molecule has 1 aromatic carbocycles. The summed E-state index contributed by atoms with van der Waals surface area (Å²) in [5.41, 5.74) is 1.89. The Morgan fingerprint density at radius 1 is 1.11 bits per heavy atom. The Morgan fingerprint density at radius 3 is 2.41 bits per heavy atom. The van der Waals surface area contributed by atoms with Crippen LogP contribution in [0.15, 0.2) is 41.4 Å². The van der Waals surface area contributed by atoms with Gasteiger partial charge in [-0.1, -0.05) is 24.3 Å². The highest BCUT2D eigenvalue weighted by molar-refractivity contribution is 14.0. The number of aliphatic imine (C=N–C) groups is 1. The van der Waals surface area contributed by atoms with Crippen LogP contribution in [0.25, 0.3) is 0 Å². The van der Waals surface area contributed by atoms with Gasteiger partial charge in [0.05, 0.1) is 6.54 Å². The topological polar surface area (TPSA) is 56.7 Å². The quantitative estimate of drug-likeness (QED) is 0.291. The first kappa shape index (κ1) is 21.7. The number of halogens is 1. The number of rotatable bonds is 5. The van der Waals surface area contributed by atoms with Crippen LogP contribution in [0, 0.1) is 0 Å². The van der Waals surface area contributed by atoms with Crippen molar-refractivity contribution in [2.24, 2.45) is 4.99 Å². The number of nitrogens with zero attached hydrogens (tertiary/aromatic N) is 2. The van der Waals surface area contributed by atoms with Gasteiger partial charge in [0.15, 0.2) is 5.96 Å². The Bertz CT molecular complexity index is 643. The molecule has 0 spiro atoms. The summed E-state index contributed by atoms with van der Waals surface area (Å²) in [6.07, 6.45) is 10.00. The summed E-state index contributed by atoms with van der Waals surface area (Å²) >= 11 is 0. The summed E-state index contributed by atoms with van der Waals surface area (Å²) in [6, 6.07) is 8.34. The zero-order valence-electron chi connectivity index (χ0n) is 16.1. The van der Waals surface area contributed by atoms with Crippen molar-refractivity contribution in [2.45, 2.75) is 51.6 Å². The van der Waals surface area contributed by atoms with Gasteiger partial charge in [0.1, 0.15) is 0 Å². The van der Waals surface area contributed by atoms with E-state index in [0.29, 0.717) is 12.6 Å². The lowest BCUT2D eigenvalue weighted by molar-refractivity contribution is 0.0724. The molecule has 1 aromatic rings. The van der Waals surface area contributed by atoms with E-state index in [4.69, 9.17) is 0 Å². The van der Waals surface area contributed by atoms with Crippen molar-refractivity contribution in [3.63, 3.8) is 0 Å². The molecule has 5 nitrogen and oxygen atoms in total. The third-order valence-corrected chi connectivity index (χ3v) is 4.96. The Morgan fingerprint density at radius 2 is 1.78 bits per heavy atom. The molecular formula is C21H31IN4O. The second-order valence-electron chi connectivity index (χ2n) is 7.03. The third kappa shape index (κ3) is 6.52. The fourth-order valence-electron chi connectivity index (χ4n) is 3.45. The van der Waals surface area contributed by atoms with Crippen molar-refractivity contribution in [3.05, 3.63) is 47.5 Å². The molecule has 1 amide bonds. The van der Waals surface area contributed by atoms with Gasteiger partial charge in [-0.25, -0.2) is 4.99 Å². The SMILES string of the molecule is CCNC(=NCc1ccc(C(=O)N2CCCCC2)cc1)NC1CC=CC1.I. The molecule has 6 heteroatoms. The highest BCUT2D eigenvalue weighted by atomic mass is 127. The molecular weight excluding hydrogens is 451 g/mol. The van der Waals surface area contributed by atoms with Crippen LogP contribution in [-0.2, 0) is 6.54 Å². The number of likely N-dealkylation sites (tertiary alicyclic amines) is 1. The Kier molecular flexibility index (Phi) is 9.10. The summed E-state index contributed by atoms with van der Waals surface area (Å²) in [5, 5.41) is 6.78. The number of hydrogen-bond donors (Lipinski definition) is 2. The Labute approximate surface area is 179 Å². The van der Waals surface area contributed by atoms with Crippen LogP contribution in [0.2, 0.25) is 0 Å². The molecule has 0 radical (unpaired) electrons. The molecule has 1 fully saturated rings. The third-order valence-electron chi connectivity index (χ3n) is 4.96. The predicted molar refractivity (Wildman–Crippen MR) is 122 cm³/mol. The minimum absolute atomic E-state index is 0. The average Bonchev–Trinajstić information content (AvgIpc) is 3.20. The van der Waals surface area contributed by atoms with E-state index in [-0.39, 0.29) is 29.9 Å². The smallest absolute Gasteiger partial charge is 0.253 e. The number of carbonyl (C=O) groups is 1. The maximum atomic E-state index is 12.5. The highest BCUT2D eigenvalue weighted by Crippen LogP contribution is 2.14. The number of amides is 1. The molecule has 1 aliphatic heterocycles.